The average Bonchev–Trinajstić information content (AvgIpc) is 2.38. The van der Waals surface area contributed by atoms with Crippen molar-refractivity contribution in [3.05, 3.63) is 35.4 Å². The summed E-state index contributed by atoms with van der Waals surface area (Å²) in [4.78, 5) is 11.5. The van der Waals surface area contributed by atoms with E-state index < -0.39 is 0 Å². The Morgan fingerprint density at radius 3 is 2.37 bits per heavy atom. The van der Waals surface area contributed by atoms with Crippen molar-refractivity contribution in [2.24, 2.45) is 0 Å². The van der Waals surface area contributed by atoms with Crippen molar-refractivity contribution < 1.29 is 9.53 Å². The van der Waals surface area contributed by atoms with Crippen molar-refractivity contribution in [2.75, 3.05) is 13.7 Å². The molecule has 1 aromatic carbocycles. The molecule has 19 heavy (non-hydrogen) atoms. The van der Waals surface area contributed by atoms with E-state index in [9.17, 15) is 4.79 Å². The molecule has 0 bridgehead atoms. The van der Waals surface area contributed by atoms with Crippen molar-refractivity contribution in [2.45, 2.75) is 45.6 Å². The number of benzene rings is 1. The van der Waals surface area contributed by atoms with Crippen molar-refractivity contribution in [1.29, 1.82) is 0 Å². The summed E-state index contributed by atoms with van der Waals surface area (Å²) in [6, 6.07) is 8.74. The maximum absolute atomic E-state index is 11.5. The zero-order valence-corrected chi connectivity index (χ0v) is 12.4. The Morgan fingerprint density at radius 2 is 1.89 bits per heavy atom. The molecule has 3 heteroatoms. The van der Waals surface area contributed by atoms with E-state index in [1.807, 2.05) is 14.0 Å². The maximum atomic E-state index is 11.5. The van der Waals surface area contributed by atoms with Gasteiger partial charge in [0.25, 0.3) is 0 Å². The highest BCUT2D eigenvalue weighted by Crippen LogP contribution is 2.16. The first-order valence-electron chi connectivity index (χ1n) is 6.98. The van der Waals surface area contributed by atoms with Crippen LogP contribution >= 0.6 is 0 Å². The molecule has 0 saturated carbocycles. The molecular weight excluding hydrogens is 238 g/mol. The second-order valence-corrected chi connectivity index (χ2v) is 5.10. The van der Waals surface area contributed by atoms with E-state index >= 15 is 0 Å². The van der Waals surface area contributed by atoms with Crippen LogP contribution in [0.5, 0.6) is 0 Å². The fourth-order valence-corrected chi connectivity index (χ4v) is 2.02. The van der Waals surface area contributed by atoms with Crippen molar-refractivity contribution in [3.63, 3.8) is 0 Å². The number of hydrogen-bond acceptors (Lipinski definition) is 3. The highest BCUT2D eigenvalue weighted by atomic mass is 16.5. The second-order valence-electron chi connectivity index (χ2n) is 5.10. The summed E-state index contributed by atoms with van der Waals surface area (Å²) in [6.07, 6.45) is 1.25. The number of likely N-dealkylation sites (N-methyl/N-ethyl adjacent to an activating group) is 1. The van der Waals surface area contributed by atoms with E-state index in [4.69, 9.17) is 4.74 Å². The number of nitrogens with one attached hydrogen (secondary N) is 1. The highest BCUT2D eigenvalue weighted by Gasteiger charge is 2.13. The molecule has 1 unspecified atom stereocenters. The molecule has 0 aliphatic rings. The van der Waals surface area contributed by atoms with Crippen LogP contribution in [0.4, 0.5) is 0 Å². The zero-order chi connectivity index (χ0) is 14.3. The smallest absolute Gasteiger partial charge is 0.307 e. The number of carbonyl (C=O) groups is 1. The van der Waals surface area contributed by atoms with Gasteiger partial charge >= 0.3 is 5.97 Å². The van der Waals surface area contributed by atoms with Gasteiger partial charge in [0.15, 0.2) is 0 Å². The Balaban J connectivity index is 2.57. The Kier molecular flexibility index (Phi) is 6.57. The van der Waals surface area contributed by atoms with Gasteiger partial charge in [-0.15, -0.1) is 0 Å². The van der Waals surface area contributed by atoms with E-state index in [-0.39, 0.29) is 12.0 Å². The molecule has 0 radical (unpaired) electrons. The molecule has 0 aromatic heterocycles. The van der Waals surface area contributed by atoms with Crippen molar-refractivity contribution >= 4 is 5.97 Å². The van der Waals surface area contributed by atoms with Gasteiger partial charge in [0.1, 0.15) is 0 Å². The Labute approximate surface area is 116 Å². The predicted octanol–water partition coefficient (Wildman–Crippen LogP) is 2.89. The largest absolute Gasteiger partial charge is 0.466 e. The lowest BCUT2D eigenvalue weighted by atomic mass is 9.98. The molecule has 0 amide bonds. The highest BCUT2D eigenvalue weighted by molar-refractivity contribution is 5.70. The molecule has 0 heterocycles. The summed E-state index contributed by atoms with van der Waals surface area (Å²) in [7, 11) is 1.88. The van der Waals surface area contributed by atoms with Crippen LogP contribution < -0.4 is 5.32 Å². The van der Waals surface area contributed by atoms with Gasteiger partial charge in [-0.25, -0.2) is 0 Å². The molecule has 0 saturated heterocycles. The first kappa shape index (κ1) is 15.7. The topological polar surface area (TPSA) is 38.3 Å². The molecule has 0 fully saturated rings. The van der Waals surface area contributed by atoms with Gasteiger partial charge in [0, 0.05) is 6.04 Å². The number of carbonyl (C=O) groups excluding carboxylic acids is 1. The molecule has 1 N–H and O–H groups in total. The third-order valence-corrected chi connectivity index (χ3v) is 3.26. The molecule has 0 aliphatic heterocycles. The van der Waals surface area contributed by atoms with Crippen LogP contribution in [-0.4, -0.2) is 25.7 Å². The van der Waals surface area contributed by atoms with Gasteiger partial charge in [-0.2, -0.15) is 0 Å². The number of ether oxygens (including phenoxy) is 1. The zero-order valence-electron chi connectivity index (χ0n) is 12.4. The van der Waals surface area contributed by atoms with Crippen LogP contribution in [-0.2, 0) is 16.0 Å². The SMILES string of the molecule is CCOC(=O)CC(Cc1ccc(C(C)C)cc1)NC. The normalized spacial score (nSPS) is 12.5. The number of rotatable bonds is 7. The standard InChI is InChI=1S/C16H25NO2/c1-5-19-16(18)11-15(17-4)10-13-6-8-14(9-7-13)12(2)3/h6-9,12,15,17H,5,10-11H2,1-4H3. The second kappa shape index (κ2) is 7.95. The van der Waals surface area contributed by atoms with Gasteiger partial charge in [0.05, 0.1) is 13.0 Å². The van der Waals surface area contributed by atoms with E-state index in [1.54, 1.807) is 0 Å². The van der Waals surface area contributed by atoms with Crippen LogP contribution in [0.1, 0.15) is 44.2 Å². The van der Waals surface area contributed by atoms with Gasteiger partial charge in [-0.3, -0.25) is 4.79 Å². The Bertz CT molecular complexity index is 384. The van der Waals surface area contributed by atoms with Gasteiger partial charge in [0.2, 0.25) is 0 Å². The van der Waals surface area contributed by atoms with Crippen LogP contribution in [0, 0.1) is 0 Å². The predicted molar refractivity (Wildman–Crippen MR) is 78.3 cm³/mol. The Morgan fingerprint density at radius 1 is 1.26 bits per heavy atom. The fraction of sp³-hybridized carbons (Fsp3) is 0.562. The van der Waals surface area contributed by atoms with Crippen LogP contribution in [0.2, 0.25) is 0 Å². The third kappa shape index (κ3) is 5.43. The minimum atomic E-state index is -0.138. The molecule has 1 aromatic rings. The summed E-state index contributed by atoms with van der Waals surface area (Å²) in [5, 5.41) is 3.18. The van der Waals surface area contributed by atoms with Crippen molar-refractivity contribution in [1.82, 2.24) is 5.32 Å². The minimum Gasteiger partial charge on any atom is -0.466 e. The molecule has 1 rings (SSSR count). The maximum Gasteiger partial charge on any atom is 0.307 e. The van der Waals surface area contributed by atoms with E-state index in [1.165, 1.54) is 11.1 Å². The summed E-state index contributed by atoms with van der Waals surface area (Å²) in [6.45, 7) is 6.65. The third-order valence-electron chi connectivity index (χ3n) is 3.26. The molecule has 0 aliphatic carbocycles. The lowest BCUT2D eigenvalue weighted by molar-refractivity contribution is -0.143. The van der Waals surface area contributed by atoms with Gasteiger partial charge in [-0.05, 0) is 37.4 Å². The van der Waals surface area contributed by atoms with Crippen LogP contribution in [0.25, 0.3) is 0 Å². The summed E-state index contributed by atoms with van der Waals surface area (Å²) in [5.41, 5.74) is 2.59. The fourth-order valence-electron chi connectivity index (χ4n) is 2.02. The lowest BCUT2D eigenvalue weighted by Crippen LogP contribution is -2.31. The quantitative estimate of drug-likeness (QED) is 0.769. The van der Waals surface area contributed by atoms with E-state index in [0.717, 1.165) is 6.42 Å². The number of esters is 1. The number of hydrogen-bond donors (Lipinski definition) is 1. The molecule has 0 spiro atoms. The average molecular weight is 263 g/mol. The van der Waals surface area contributed by atoms with Crippen LogP contribution in [0.3, 0.4) is 0 Å². The van der Waals surface area contributed by atoms with Crippen molar-refractivity contribution in [3.8, 4) is 0 Å². The first-order valence-corrected chi connectivity index (χ1v) is 6.98. The molecule has 106 valence electrons. The lowest BCUT2D eigenvalue weighted by Gasteiger charge is -2.16. The summed E-state index contributed by atoms with van der Waals surface area (Å²) in [5.74, 6) is 0.411. The Hall–Kier alpha value is -1.35. The van der Waals surface area contributed by atoms with E-state index in [0.29, 0.717) is 18.9 Å². The minimum absolute atomic E-state index is 0.129. The monoisotopic (exact) mass is 263 g/mol. The van der Waals surface area contributed by atoms with E-state index in [2.05, 4.69) is 43.4 Å². The first-order chi connectivity index (χ1) is 9.06. The molecule has 1 atom stereocenters. The van der Waals surface area contributed by atoms with Gasteiger partial charge in [-0.1, -0.05) is 38.1 Å². The summed E-state index contributed by atoms with van der Waals surface area (Å²) >= 11 is 0. The molecule has 3 nitrogen and oxygen atoms in total. The van der Waals surface area contributed by atoms with Crippen LogP contribution in [0.15, 0.2) is 24.3 Å². The summed E-state index contributed by atoms with van der Waals surface area (Å²) < 4.78 is 4.98. The van der Waals surface area contributed by atoms with Gasteiger partial charge < -0.3 is 10.1 Å². The molecular formula is C16H25NO2.